The van der Waals surface area contributed by atoms with Crippen molar-refractivity contribution in [3.05, 3.63) is 45.0 Å². The molecule has 0 amide bonds. The molecule has 1 unspecified atom stereocenters. The Hall–Kier alpha value is -4.79. The van der Waals surface area contributed by atoms with Crippen molar-refractivity contribution in [1.29, 1.82) is 10.5 Å². The Morgan fingerprint density at radius 1 is 1.32 bits per heavy atom. The van der Waals surface area contributed by atoms with Crippen LogP contribution in [0.5, 0.6) is 5.75 Å². The van der Waals surface area contributed by atoms with Crippen molar-refractivity contribution in [2.45, 2.75) is 12.4 Å². The highest BCUT2D eigenvalue weighted by Crippen LogP contribution is 2.46. The number of pyridine rings is 1. The molecule has 0 fully saturated rings. The van der Waals surface area contributed by atoms with Crippen LogP contribution in [0.15, 0.2) is 23.2 Å². The van der Waals surface area contributed by atoms with E-state index in [-0.39, 0.29) is 40.0 Å². The van der Waals surface area contributed by atoms with Crippen LogP contribution in [0.3, 0.4) is 0 Å². The number of ether oxygens (including phenoxy) is 1. The van der Waals surface area contributed by atoms with Crippen molar-refractivity contribution >= 4 is 29.0 Å². The zero-order valence-electron chi connectivity index (χ0n) is 15.1. The minimum absolute atomic E-state index is 0.0542. The number of nitrogens with two attached hydrogens (primary N) is 2. The van der Waals surface area contributed by atoms with Gasteiger partial charge in [0.15, 0.2) is 6.19 Å². The molecule has 158 valence electrons. The molecule has 12 nitrogen and oxygen atoms in total. The Balaban J connectivity index is 2.33. The summed E-state index contributed by atoms with van der Waals surface area (Å²) in [7, 11) is 0. The van der Waals surface area contributed by atoms with E-state index in [1.807, 2.05) is 0 Å². The zero-order chi connectivity index (χ0) is 22.9. The normalized spacial score (nSPS) is 14.9. The van der Waals surface area contributed by atoms with Gasteiger partial charge >= 0.3 is 12.0 Å². The maximum atomic E-state index is 12.8. The average molecular weight is 433 g/mol. The number of hydrogen-bond acceptors (Lipinski definition) is 11. The number of anilines is 3. The Morgan fingerprint density at radius 2 is 2.03 bits per heavy atom. The lowest BCUT2D eigenvalue weighted by Crippen LogP contribution is -2.33. The number of fused-ring (bicyclic) bond motifs is 1. The van der Waals surface area contributed by atoms with Gasteiger partial charge in [0.05, 0.1) is 16.2 Å². The number of hydrogen-bond donors (Lipinski definition) is 4. The van der Waals surface area contributed by atoms with Gasteiger partial charge in [0.2, 0.25) is 11.7 Å². The highest BCUT2D eigenvalue weighted by Gasteiger charge is 2.39. The number of aromatic nitrogens is 1. The number of nitrogens with one attached hydrogen (secondary N) is 2. The summed E-state index contributed by atoms with van der Waals surface area (Å²) in [5.74, 6) is -1.68. The van der Waals surface area contributed by atoms with E-state index in [9.17, 15) is 28.5 Å². The fraction of sp³-hybridized carbons (Fsp3) is 0.125. The summed E-state index contributed by atoms with van der Waals surface area (Å²) in [6, 6.07) is 3.30. The maximum Gasteiger partial charge on any atom is 0.573 e. The number of alkyl halides is 3. The van der Waals surface area contributed by atoms with Crippen molar-refractivity contribution in [1.82, 2.24) is 10.3 Å². The van der Waals surface area contributed by atoms with Gasteiger partial charge in [-0.25, -0.2) is 9.98 Å². The second-order valence-electron chi connectivity index (χ2n) is 5.90. The number of nitriles is 2. The molecule has 1 aromatic heterocycles. The first-order chi connectivity index (χ1) is 14.6. The fourth-order valence-corrected chi connectivity index (χ4v) is 2.97. The molecule has 15 heteroatoms. The molecular formula is C16H10F3N9O3. The van der Waals surface area contributed by atoms with Crippen LogP contribution in [0.25, 0.3) is 0 Å². The number of halogens is 3. The summed E-state index contributed by atoms with van der Waals surface area (Å²) in [5.41, 5.74) is 9.78. The third-order valence-electron chi connectivity index (χ3n) is 4.09. The van der Waals surface area contributed by atoms with E-state index < -0.39 is 28.8 Å². The van der Waals surface area contributed by atoms with Crippen LogP contribution in [-0.2, 0) is 0 Å². The molecule has 2 heterocycles. The Bertz CT molecular complexity index is 1200. The number of nitro benzene ring substituents is 1. The highest BCUT2D eigenvalue weighted by molar-refractivity contribution is 5.98. The predicted molar refractivity (Wildman–Crippen MR) is 99.2 cm³/mol. The molecule has 6 N–H and O–H groups in total. The van der Waals surface area contributed by atoms with E-state index in [1.54, 1.807) is 12.3 Å². The first kappa shape index (κ1) is 20.9. The molecule has 1 aliphatic heterocycles. The smallest absolute Gasteiger partial charge is 0.398 e. The number of benzene rings is 1. The fourth-order valence-electron chi connectivity index (χ4n) is 2.97. The molecule has 1 aliphatic rings. The van der Waals surface area contributed by atoms with E-state index in [2.05, 4.69) is 25.3 Å². The SMILES string of the molecule is N#CNC1=NC(c2cccc(OC(F)(F)F)c2[N+](=O)[O-])c2c(nc(N)c(C#N)c2N)N1. The van der Waals surface area contributed by atoms with Crippen LogP contribution in [-0.4, -0.2) is 22.2 Å². The summed E-state index contributed by atoms with van der Waals surface area (Å²) in [6.07, 6.45) is -3.62. The van der Waals surface area contributed by atoms with E-state index in [4.69, 9.17) is 16.7 Å². The second-order valence-corrected chi connectivity index (χ2v) is 5.90. The van der Waals surface area contributed by atoms with Crippen molar-refractivity contribution in [3.63, 3.8) is 0 Å². The van der Waals surface area contributed by atoms with Gasteiger partial charge in [-0.3, -0.25) is 15.4 Å². The lowest BCUT2D eigenvalue weighted by atomic mass is 9.93. The second kappa shape index (κ2) is 7.56. The van der Waals surface area contributed by atoms with Crippen LogP contribution in [0, 0.1) is 32.9 Å². The molecule has 31 heavy (non-hydrogen) atoms. The monoisotopic (exact) mass is 433 g/mol. The molecule has 3 rings (SSSR count). The van der Waals surface area contributed by atoms with Crippen molar-refractivity contribution < 1.29 is 22.8 Å². The Morgan fingerprint density at radius 3 is 2.61 bits per heavy atom. The number of aliphatic imine (C=N–C) groups is 1. The zero-order valence-corrected chi connectivity index (χ0v) is 15.1. The number of nitro groups is 1. The molecule has 0 spiro atoms. The van der Waals surface area contributed by atoms with Crippen molar-refractivity contribution in [2.75, 3.05) is 16.8 Å². The standard InChI is InChI=1S/C16H10F3N9O3/c17-16(18,19)31-8-3-1-2-6(12(8)28(29)30)11-9-10(22)7(4-20)13(23)26-14(9)27-15(25-11)24-5-21/h1-3,11H,(H6,22,23,24,25,26,27). The summed E-state index contributed by atoms with van der Waals surface area (Å²) in [4.78, 5) is 18.6. The van der Waals surface area contributed by atoms with Crippen LogP contribution in [0.2, 0.25) is 0 Å². The minimum Gasteiger partial charge on any atom is -0.398 e. The number of rotatable bonds is 3. The molecule has 0 bridgehead atoms. The van der Waals surface area contributed by atoms with Gasteiger partial charge in [-0.05, 0) is 12.1 Å². The summed E-state index contributed by atoms with van der Waals surface area (Å²) in [5, 5.41) is 34.6. The van der Waals surface area contributed by atoms with Gasteiger partial charge in [-0.15, -0.1) is 13.2 Å². The number of nitrogen functional groups attached to an aromatic ring is 2. The van der Waals surface area contributed by atoms with Gasteiger partial charge in [-0.2, -0.15) is 10.5 Å². The van der Waals surface area contributed by atoms with Crippen LogP contribution in [0.1, 0.15) is 22.7 Å². The molecular weight excluding hydrogens is 423 g/mol. The third kappa shape index (κ3) is 3.87. The van der Waals surface area contributed by atoms with Gasteiger partial charge in [0, 0.05) is 5.56 Å². The Kier molecular flexibility index (Phi) is 5.10. The molecule has 1 atom stereocenters. The number of guanidine groups is 1. The van der Waals surface area contributed by atoms with Gasteiger partial charge in [0.1, 0.15) is 29.3 Å². The van der Waals surface area contributed by atoms with Crippen molar-refractivity contribution in [3.8, 4) is 18.0 Å². The largest absolute Gasteiger partial charge is 0.573 e. The summed E-state index contributed by atoms with van der Waals surface area (Å²) < 4.78 is 42.1. The van der Waals surface area contributed by atoms with E-state index >= 15 is 0 Å². The first-order valence-electron chi connectivity index (χ1n) is 8.09. The van der Waals surface area contributed by atoms with Crippen LogP contribution >= 0.6 is 0 Å². The van der Waals surface area contributed by atoms with E-state index in [0.717, 1.165) is 18.2 Å². The molecule has 0 saturated carbocycles. The molecule has 2 aromatic rings. The van der Waals surface area contributed by atoms with Crippen LogP contribution in [0.4, 0.5) is 36.2 Å². The molecule has 0 saturated heterocycles. The third-order valence-corrected chi connectivity index (χ3v) is 4.09. The lowest BCUT2D eigenvalue weighted by Gasteiger charge is -2.26. The van der Waals surface area contributed by atoms with Gasteiger partial charge < -0.3 is 21.5 Å². The summed E-state index contributed by atoms with van der Waals surface area (Å²) >= 11 is 0. The molecule has 0 radical (unpaired) electrons. The Labute approximate surface area is 170 Å². The average Bonchev–Trinajstić information content (AvgIpc) is 2.66. The van der Waals surface area contributed by atoms with Gasteiger partial charge in [0.25, 0.3) is 0 Å². The van der Waals surface area contributed by atoms with E-state index in [0.29, 0.717) is 0 Å². The predicted octanol–water partition coefficient (Wildman–Crippen LogP) is 1.87. The summed E-state index contributed by atoms with van der Waals surface area (Å²) in [6.45, 7) is 0. The highest BCUT2D eigenvalue weighted by atomic mass is 19.4. The van der Waals surface area contributed by atoms with Gasteiger partial charge in [-0.1, -0.05) is 6.07 Å². The number of nitrogens with zero attached hydrogens (tertiary/aromatic N) is 5. The topological polar surface area (TPSA) is 201 Å². The molecule has 1 aromatic carbocycles. The lowest BCUT2D eigenvalue weighted by molar-refractivity contribution is -0.389. The maximum absolute atomic E-state index is 12.8. The van der Waals surface area contributed by atoms with Crippen LogP contribution < -0.4 is 26.8 Å². The molecule has 0 aliphatic carbocycles. The van der Waals surface area contributed by atoms with Crippen molar-refractivity contribution in [2.24, 2.45) is 4.99 Å². The minimum atomic E-state index is -5.20. The quantitative estimate of drug-likeness (QED) is 0.239. The van der Waals surface area contributed by atoms with E-state index in [1.165, 1.54) is 0 Å². The first-order valence-corrected chi connectivity index (χ1v) is 8.09. The number of para-hydroxylation sites is 1.